The molecule has 2 unspecified atom stereocenters. The number of hydrogen-bond donors (Lipinski definition) is 1. The molecule has 1 saturated heterocycles. The zero-order chi connectivity index (χ0) is 26.4. The van der Waals surface area contributed by atoms with E-state index in [0.29, 0.717) is 19.3 Å². The molecule has 6 heteroatoms. The number of unbranched alkanes of at least 4 members (excludes halogenated alkanes) is 1. The highest BCUT2D eigenvalue weighted by Gasteiger charge is 2.45. The van der Waals surface area contributed by atoms with Gasteiger partial charge in [-0.05, 0) is 75.2 Å². The highest BCUT2D eigenvalue weighted by atomic mass is 16.7. The fraction of sp³-hybridized carbons (Fsp3) is 0.833. The Labute approximate surface area is 219 Å². The molecule has 1 heterocycles. The first-order chi connectivity index (χ1) is 17.3. The van der Waals surface area contributed by atoms with E-state index in [9.17, 15) is 9.90 Å². The second-order valence-electron chi connectivity index (χ2n) is 11.4. The van der Waals surface area contributed by atoms with Gasteiger partial charge in [0.1, 0.15) is 11.9 Å². The van der Waals surface area contributed by atoms with Crippen LogP contribution in [0.2, 0.25) is 0 Å². The minimum absolute atomic E-state index is 0.0143. The van der Waals surface area contributed by atoms with Gasteiger partial charge in [-0.15, -0.1) is 0 Å². The van der Waals surface area contributed by atoms with E-state index in [2.05, 4.69) is 32.9 Å². The molecule has 2 rings (SSSR count). The standard InChI is InChI=1S/C30H52O6/c1-6-7-20-29(2,3)22-19-26(36-27-18-12-14-23-35-27)25(33-4)17-9-8-13-21-30(32,28(31)34-5)24-15-10-11-16-24/h8-9,19,24-25,27,32H,6-7,10-18,20-23H2,1-5H3/b9-8-,26-19+/t25?,27?,30-/m1/s1. The number of esters is 1. The summed E-state index contributed by atoms with van der Waals surface area (Å²) in [5.74, 6) is 0.324. The molecule has 2 fully saturated rings. The van der Waals surface area contributed by atoms with Gasteiger partial charge in [0.15, 0.2) is 11.9 Å². The summed E-state index contributed by atoms with van der Waals surface area (Å²) in [5.41, 5.74) is -1.20. The maximum atomic E-state index is 12.4. The van der Waals surface area contributed by atoms with Crippen molar-refractivity contribution >= 4 is 5.97 Å². The van der Waals surface area contributed by atoms with Crippen molar-refractivity contribution in [1.29, 1.82) is 0 Å². The average Bonchev–Trinajstić information content (AvgIpc) is 3.43. The summed E-state index contributed by atoms with van der Waals surface area (Å²) in [4.78, 5) is 12.4. The van der Waals surface area contributed by atoms with Crippen LogP contribution in [-0.4, -0.2) is 49.9 Å². The molecule has 3 atom stereocenters. The number of aliphatic hydroxyl groups is 1. The molecule has 1 aliphatic heterocycles. The molecule has 0 bridgehead atoms. The number of carbonyl (C=O) groups excluding carboxylic acids is 1. The minimum Gasteiger partial charge on any atom is -0.467 e. The fourth-order valence-electron chi connectivity index (χ4n) is 5.37. The Bertz CT molecular complexity index is 688. The molecule has 0 spiro atoms. The van der Waals surface area contributed by atoms with Crippen molar-refractivity contribution in [2.75, 3.05) is 20.8 Å². The van der Waals surface area contributed by atoms with Crippen LogP contribution in [0, 0.1) is 11.3 Å². The zero-order valence-electron chi connectivity index (χ0n) is 23.6. The van der Waals surface area contributed by atoms with Crippen LogP contribution < -0.4 is 0 Å². The third-order valence-corrected chi connectivity index (χ3v) is 7.85. The second-order valence-corrected chi connectivity index (χ2v) is 11.4. The molecule has 1 N–H and O–H groups in total. The van der Waals surface area contributed by atoms with Crippen molar-refractivity contribution in [1.82, 2.24) is 0 Å². The largest absolute Gasteiger partial charge is 0.467 e. The molecule has 0 radical (unpaired) electrons. The van der Waals surface area contributed by atoms with Crippen LogP contribution in [0.1, 0.15) is 111 Å². The average molecular weight is 509 g/mol. The number of allylic oxidation sites excluding steroid dienone is 2. The SMILES string of the molecule is CCCCC(C)(C)C/C=C(/OC1CCCCO1)C(C/C=C\CC[C@](O)(C(=O)OC)C1CCCC1)OC. The number of ether oxygens (including phenoxy) is 4. The summed E-state index contributed by atoms with van der Waals surface area (Å²) in [5, 5.41) is 11.1. The summed E-state index contributed by atoms with van der Waals surface area (Å²) in [6.07, 6.45) is 19.0. The molecular formula is C30H52O6. The van der Waals surface area contributed by atoms with Gasteiger partial charge in [-0.25, -0.2) is 4.79 Å². The van der Waals surface area contributed by atoms with E-state index in [1.165, 1.54) is 26.4 Å². The molecular weight excluding hydrogens is 456 g/mol. The number of methoxy groups -OCH3 is 2. The first-order valence-electron chi connectivity index (χ1n) is 14.2. The van der Waals surface area contributed by atoms with Gasteiger partial charge in [0.2, 0.25) is 0 Å². The molecule has 1 saturated carbocycles. The Morgan fingerprint density at radius 2 is 1.81 bits per heavy atom. The van der Waals surface area contributed by atoms with Gasteiger partial charge in [0.25, 0.3) is 0 Å². The van der Waals surface area contributed by atoms with E-state index in [1.54, 1.807) is 7.11 Å². The van der Waals surface area contributed by atoms with E-state index >= 15 is 0 Å². The first-order valence-corrected chi connectivity index (χ1v) is 14.2. The van der Waals surface area contributed by atoms with Crippen LogP contribution in [0.4, 0.5) is 0 Å². The van der Waals surface area contributed by atoms with Gasteiger partial charge < -0.3 is 24.1 Å². The third-order valence-electron chi connectivity index (χ3n) is 7.85. The van der Waals surface area contributed by atoms with E-state index in [1.807, 2.05) is 6.08 Å². The number of carbonyl (C=O) groups is 1. The van der Waals surface area contributed by atoms with Gasteiger partial charge >= 0.3 is 5.97 Å². The molecule has 0 amide bonds. The van der Waals surface area contributed by atoms with Crippen LogP contribution in [0.15, 0.2) is 24.0 Å². The lowest BCUT2D eigenvalue weighted by molar-refractivity contribution is -0.169. The smallest absolute Gasteiger partial charge is 0.338 e. The van der Waals surface area contributed by atoms with Crippen LogP contribution in [0.5, 0.6) is 0 Å². The summed E-state index contributed by atoms with van der Waals surface area (Å²) in [7, 11) is 3.07. The summed E-state index contributed by atoms with van der Waals surface area (Å²) in [6.45, 7) is 7.58. The van der Waals surface area contributed by atoms with E-state index in [0.717, 1.165) is 63.7 Å². The predicted octanol–water partition coefficient (Wildman–Crippen LogP) is 6.86. The van der Waals surface area contributed by atoms with Crippen molar-refractivity contribution in [2.24, 2.45) is 11.3 Å². The highest BCUT2D eigenvalue weighted by Crippen LogP contribution is 2.38. The summed E-state index contributed by atoms with van der Waals surface area (Å²) < 4.78 is 23.0. The minimum atomic E-state index is -1.40. The molecule has 1 aliphatic carbocycles. The van der Waals surface area contributed by atoms with Crippen molar-refractivity contribution in [3.63, 3.8) is 0 Å². The Kier molecular flexibility index (Phi) is 13.5. The summed E-state index contributed by atoms with van der Waals surface area (Å²) >= 11 is 0. The maximum absolute atomic E-state index is 12.4. The van der Waals surface area contributed by atoms with Gasteiger partial charge in [0.05, 0.1) is 13.7 Å². The van der Waals surface area contributed by atoms with Gasteiger partial charge in [-0.3, -0.25) is 0 Å². The zero-order valence-corrected chi connectivity index (χ0v) is 23.6. The maximum Gasteiger partial charge on any atom is 0.338 e. The van der Waals surface area contributed by atoms with Crippen molar-refractivity contribution in [2.45, 2.75) is 129 Å². The van der Waals surface area contributed by atoms with Crippen molar-refractivity contribution < 1.29 is 28.8 Å². The predicted molar refractivity (Wildman–Crippen MR) is 143 cm³/mol. The van der Waals surface area contributed by atoms with Crippen LogP contribution in [-0.2, 0) is 23.7 Å². The second kappa shape index (κ2) is 15.8. The van der Waals surface area contributed by atoms with Gasteiger partial charge in [-0.2, -0.15) is 0 Å². The third kappa shape index (κ3) is 9.83. The highest BCUT2D eigenvalue weighted by molar-refractivity contribution is 5.79. The quantitative estimate of drug-likeness (QED) is 0.139. The fourth-order valence-corrected chi connectivity index (χ4v) is 5.37. The lowest BCUT2D eigenvalue weighted by atomic mass is 9.82. The van der Waals surface area contributed by atoms with E-state index in [4.69, 9.17) is 18.9 Å². The van der Waals surface area contributed by atoms with Gasteiger partial charge in [0, 0.05) is 13.5 Å². The monoisotopic (exact) mass is 508 g/mol. The molecule has 0 aromatic rings. The topological polar surface area (TPSA) is 74.2 Å². The van der Waals surface area contributed by atoms with Crippen LogP contribution in [0.25, 0.3) is 0 Å². The van der Waals surface area contributed by atoms with Gasteiger partial charge in [-0.1, -0.05) is 58.6 Å². The van der Waals surface area contributed by atoms with Crippen molar-refractivity contribution in [3.8, 4) is 0 Å². The molecule has 0 aromatic heterocycles. The Morgan fingerprint density at radius 1 is 1.08 bits per heavy atom. The Balaban J connectivity index is 2.02. The first kappa shape index (κ1) is 30.9. The summed E-state index contributed by atoms with van der Waals surface area (Å²) in [6, 6.07) is 0. The van der Waals surface area contributed by atoms with E-state index in [-0.39, 0.29) is 23.7 Å². The lowest BCUT2D eigenvalue weighted by Gasteiger charge is -2.31. The lowest BCUT2D eigenvalue weighted by Crippen LogP contribution is -2.45. The Hall–Kier alpha value is -1.37. The molecule has 6 nitrogen and oxygen atoms in total. The Morgan fingerprint density at radius 3 is 2.42 bits per heavy atom. The number of rotatable bonds is 16. The molecule has 0 aromatic carbocycles. The van der Waals surface area contributed by atoms with Crippen LogP contribution >= 0.6 is 0 Å². The molecule has 2 aliphatic rings. The van der Waals surface area contributed by atoms with Crippen LogP contribution in [0.3, 0.4) is 0 Å². The normalized spacial score (nSPS) is 22.5. The number of hydrogen-bond acceptors (Lipinski definition) is 6. The molecule has 36 heavy (non-hydrogen) atoms. The van der Waals surface area contributed by atoms with E-state index < -0.39 is 11.6 Å². The van der Waals surface area contributed by atoms with Crippen molar-refractivity contribution in [3.05, 3.63) is 24.0 Å². The molecule has 208 valence electrons.